The van der Waals surface area contributed by atoms with Gasteiger partial charge in [0.05, 0.1) is 13.2 Å². The molecule has 0 radical (unpaired) electrons. The maximum atomic E-state index is 12.9. The monoisotopic (exact) mass is 388 g/mol. The maximum absolute atomic E-state index is 12.9. The summed E-state index contributed by atoms with van der Waals surface area (Å²) in [6.07, 6.45) is 0.422. The van der Waals surface area contributed by atoms with E-state index in [0.717, 1.165) is 22.3 Å². The first-order valence-corrected chi connectivity index (χ1v) is 9.72. The van der Waals surface area contributed by atoms with Crippen LogP contribution in [0.15, 0.2) is 17.9 Å². The van der Waals surface area contributed by atoms with E-state index in [1.807, 2.05) is 46.8 Å². The van der Waals surface area contributed by atoms with Gasteiger partial charge in [-0.05, 0) is 56.2 Å². The van der Waals surface area contributed by atoms with E-state index in [1.54, 1.807) is 0 Å². The van der Waals surface area contributed by atoms with Crippen LogP contribution in [0.4, 0.5) is 4.79 Å². The second-order valence-electron chi connectivity index (χ2n) is 8.07. The fourth-order valence-electron chi connectivity index (χ4n) is 3.91. The summed E-state index contributed by atoms with van der Waals surface area (Å²) in [5.74, 6) is -0.107. The molecule has 6 nitrogen and oxygen atoms in total. The highest BCUT2D eigenvalue weighted by atomic mass is 16.7. The van der Waals surface area contributed by atoms with E-state index >= 15 is 0 Å². The van der Waals surface area contributed by atoms with Crippen molar-refractivity contribution in [1.82, 2.24) is 0 Å². The van der Waals surface area contributed by atoms with Crippen molar-refractivity contribution in [2.45, 2.75) is 53.1 Å². The predicted octanol–water partition coefficient (Wildman–Crippen LogP) is 4.24. The summed E-state index contributed by atoms with van der Waals surface area (Å²) in [5.41, 5.74) is 2.90. The maximum Gasteiger partial charge on any atom is 0.513 e. The molecule has 1 unspecified atom stereocenters. The third-order valence-electron chi connectivity index (χ3n) is 4.98. The van der Waals surface area contributed by atoms with E-state index in [4.69, 9.17) is 18.9 Å². The fourth-order valence-corrected chi connectivity index (χ4v) is 3.91. The van der Waals surface area contributed by atoms with Crippen molar-refractivity contribution in [2.24, 2.45) is 5.92 Å². The van der Waals surface area contributed by atoms with E-state index < -0.39 is 17.7 Å². The number of carbonyl (C=O) groups excluding carboxylic acids is 2. The zero-order valence-electron chi connectivity index (χ0n) is 17.2. The molecule has 1 atom stereocenters. The van der Waals surface area contributed by atoms with Gasteiger partial charge in [-0.15, -0.1) is 0 Å². The Hall–Kier alpha value is -2.34. The van der Waals surface area contributed by atoms with Crippen molar-refractivity contribution in [3.63, 3.8) is 0 Å². The third-order valence-corrected chi connectivity index (χ3v) is 4.98. The Balaban J connectivity index is 2.08. The summed E-state index contributed by atoms with van der Waals surface area (Å²) < 4.78 is 22.2. The van der Waals surface area contributed by atoms with Gasteiger partial charge in [0.1, 0.15) is 5.57 Å². The van der Waals surface area contributed by atoms with Gasteiger partial charge in [0, 0.05) is 6.61 Å². The second kappa shape index (κ2) is 7.95. The largest absolute Gasteiger partial charge is 0.513 e. The lowest BCUT2D eigenvalue weighted by Gasteiger charge is -2.32. The van der Waals surface area contributed by atoms with E-state index in [9.17, 15) is 9.59 Å². The average Bonchev–Trinajstić information content (AvgIpc) is 2.85. The third kappa shape index (κ3) is 3.92. The Morgan fingerprint density at radius 2 is 1.89 bits per heavy atom. The molecule has 0 bridgehead atoms. The highest BCUT2D eigenvalue weighted by molar-refractivity contribution is 6.20. The molecule has 3 rings (SSSR count). The van der Waals surface area contributed by atoms with Crippen molar-refractivity contribution >= 4 is 17.7 Å². The summed E-state index contributed by atoms with van der Waals surface area (Å²) in [6.45, 7) is 10.7. The highest BCUT2D eigenvalue weighted by Gasteiger charge is 2.52. The number of hydrogen-bond acceptors (Lipinski definition) is 6. The van der Waals surface area contributed by atoms with Crippen LogP contribution >= 0.6 is 0 Å². The molecule has 6 heteroatoms. The Morgan fingerprint density at radius 1 is 1.21 bits per heavy atom. The van der Waals surface area contributed by atoms with Gasteiger partial charge in [-0.3, -0.25) is 0 Å². The molecule has 1 aromatic rings. The van der Waals surface area contributed by atoms with Gasteiger partial charge in [0.2, 0.25) is 0 Å². The molecule has 2 aliphatic heterocycles. The Kier molecular flexibility index (Phi) is 5.79. The first kappa shape index (κ1) is 20.4. The van der Waals surface area contributed by atoms with Crippen LogP contribution in [-0.4, -0.2) is 37.5 Å². The minimum Gasteiger partial charge on any atom is -0.445 e. The van der Waals surface area contributed by atoms with Crippen molar-refractivity contribution < 1.29 is 28.5 Å². The van der Waals surface area contributed by atoms with Crippen molar-refractivity contribution in [3.05, 3.63) is 40.1 Å². The van der Waals surface area contributed by atoms with E-state index in [-0.39, 0.29) is 24.9 Å². The molecule has 1 spiro atoms. The number of hydrogen-bond donors (Lipinski definition) is 0. The molecule has 1 saturated heterocycles. The number of aryl methyl sites for hydroxylation is 3. The van der Waals surface area contributed by atoms with Gasteiger partial charge in [-0.1, -0.05) is 31.5 Å². The van der Waals surface area contributed by atoms with Crippen LogP contribution in [-0.2, 0) is 23.7 Å². The standard InChI is InChI=1S/C22H28O6/c1-13(2)11-26-21(24)27-19-18(17-15(4)9-14(3)10-16(17)5)20(23)28-22(19)7-6-8-25-12-22/h9-10,13H,6-8,11-12H2,1-5H3. The Labute approximate surface area is 165 Å². The molecule has 0 aromatic heterocycles. The molecule has 2 aliphatic rings. The minimum atomic E-state index is -1.08. The molecule has 0 N–H and O–H groups in total. The number of carbonyl (C=O) groups is 2. The average molecular weight is 388 g/mol. The molecule has 0 aliphatic carbocycles. The zero-order valence-corrected chi connectivity index (χ0v) is 17.2. The van der Waals surface area contributed by atoms with Gasteiger partial charge >= 0.3 is 12.1 Å². The summed E-state index contributed by atoms with van der Waals surface area (Å²) in [5, 5.41) is 0. The summed E-state index contributed by atoms with van der Waals surface area (Å²) >= 11 is 0. The second-order valence-corrected chi connectivity index (χ2v) is 8.07. The van der Waals surface area contributed by atoms with Crippen molar-refractivity contribution in [2.75, 3.05) is 19.8 Å². The summed E-state index contributed by atoms with van der Waals surface area (Å²) in [4.78, 5) is 25.3. The van der Waals surface area contributed by atoms with Gasteiger partial charge in [0.15, 0.2) is 11.4 Å². The van der Waals surface area contributed by atoms with Crippen LogP contribution in [0.5, 0.6) is 0 Å². The number of ether oxygens (including phenoxy) is 4. The molecule has 2 heterocycles. The fraction of sp³-hybridized carbons (Fsp3) is 0.545. The molecular formula is C22H28O6. The zero-order chi connectivity index (χ0) is 20.5. The minimum absolute atomic E-state index is 0.166. The number of benzene rings is 1. The van der Waals surface area contributed by atoms with Crippen LogP contribution in [0.1, 0.15) is 48.9 Å². The molecule has 152 valence electrons. The molecule has 1 aromatic carbocycles. The van der Waals surface area contributed by atoms with Crippen LogP contribution in [0.3, 0.4) is 0 Å². The summed E-state index contributed by atoms with van der Waals surface area (Å²) in [7, 11) is 0. The molecule has 1 fully saturated rings. The van der Waals surface area contributed by atoms with Crippen LogP contribution < -0.4 is 0 Å². The van der Waals surface area contributed by atoms with Gasteiger partial charge in [-0.2, -0.15) is 0 Å². The lowest BCUT2D eigenvalue weighted by atomic mass is 9.88. The van der Waals surface area contributed by atoms with Crippen molar-refractivity contribution in [3.8, 4) is 0 Å². The van der Waals surface area contributed by atoms with Gasteiger partial charge in [-0.25, -0.2) is 9.59 Å². The van der Waals surface area contributed by atoms with Crippen LogP contribution in [0.2, 0.25) is 0 Å². The molecule has 0 amide bonds. The molecule has 28 heavy (non-hydrogen) atoms. The van der Waals surface area contributed by atoms with E-state index in [2.05, 4.69) is 0 Å². The van der Waals surface area contributed by atoms with Crippen molar-refractivity contribution in [1.29, 1.82) is 0 Å². The van der Waals surface area contributed by atoms with Crippen LogP contribution in [0, 0.1) is 26.7 Å². The van der Waals surface area contributed by atoms with Crippen LogP contribution in [0.25, 0.3) is 5.57 Å². The lowest BCUT2D eigenvalue weighted by molar-refractivity contribution is -0.159. The van der Waals surface area contributed by atoms with E-state index in [1.165, 1.54) is 0 Å². The topological polar surface area (TPSA) is 71.1 Å². The predicted molar refractivity (Wildman–Crippen MR) is 104 cm³/mol. The molecular weight excluding hydrogens is 360 g/mol. The Bertz CT molecular complexity index is 791. The van der Waals surface area contributed by atoms with Gasteiger partial charge < -0.3 is 18.9 Å². The normalized spacial score (nSPS) is 22.0. The first-order valence-electron chi connectivity index (χ1n) is 9.72. The number of esters is 1. The summed E-state index contributed by atoms with van der Waals surface area (Å²) in [6, 6.07) is 4.00. The quantitative estimate of drug-likeness (QED) is 0.719. The molecule has 0 saturated carbocycles. The van der Waals surface area contributed by atoms with E-state index in [0.29, 0.717) is 25.0 Å². The lowest BCUT2D eigenvalue weighted by Crippen LogP contribution is -2.42. The number of rotatable bonds is 4. The Morgan fingerprint density at radius 3 is 2.46 bits per heavy atom. The first-order chi connectivity index (χ1) is 13.2. The highest BCUT2D eigenvalue weighted by Crippen LogP contribution is 2.45. The SMILES string of the molecule is Cc1cc(C)c(C2=C(OC(=O)OCC(C)C)C3(CCCOC3)OC2=O)c(C)c1. The smallest absolute Gasteiger partial charge is 0.445 e. The van der Waals surface area contributed by atoms with Gasteiger partial charge in [0.25, 0.3) is 0 Å².